The average Bonchev–Trinajstić information content (AvgIpc) is 3.24. The molecule has 3 aromatic rings. The van der Waals surface area contributed by atoms with Gasteiger partial charge in [0.25, 0.3) is 5.91 Å². The van der Waals surface area contributed by atoms with Crippen molar-refractivity contribution in [3.05, 3.63) is 63.4 Å². The molecule has 1 saturated carbocycles. The Balaban J connectivity index is 1.39. The third-order valence-corrected chi connectivity index (χ3v) is 5.99. The van der Waals surface area contributed by atoms with Gasteiger partial charge in [0, 0.05) is 11.4 Å². The van der Waals surface area contributed by atoms with Crippen LogP contribution < -0.4 is 21.1 Å². The third kappa shape index (κ3) is 3.09. The van der Waals surface area contributed by atoms with Gasteiger partial charge in [0.1, 0.15) is 11.5 Å². The van der Waals surface area contributed by atoms with E-state index in [2.05, 4.69) is 25.3 Å². The minimum absolute atomic E-state index is 0.0758. The molecule has 0 radical (unpaired) electrons. The molecule has 31 heavy (non-hydrogen) atoms. The van der Waals surface area contributed by atoms with Crippen LogP contribution in [0.2, 0.25) is 0 Å². The van der Waals surface area contributed by atoms with Crippen molar-refractivity contribution in [2.45, 2.75) is 38.5 Å². The van der Waals surface area contributed by atoms with Crippen LogP contribution in [0.15, 0.2) is 39.6 Å². The third-order valence-electron chi connectivity index (χ3n) is 5.99. The molecule has 1 fully saturated rings. The van der Waals surface area contributed by atoms with E-state index >= 15 is 0 Å². The summed E-state index contributed by atoms with van der Waals surface area (Å²) in [4.78, 5) is 37.8. The molecule has 2 heterocycles. The van der Waals surface area contributed by atoms with Crippen molar-refractivity contribution in [1.82, 2.24) is 10.1 Å². The zero-order valence-electron chi connectivity index (χ0n) is 17.0. The second-order valence-corrected chi connectivity index (χ2v) is 8.04. The van der Waals surface area contributed by atoms with Crippen molar-refractivity contribution in [2.75, 3.05) is 10.6 Å². The van der Waals surface area contributed by atoms with Gasteiger partial charge in [-0.3, -0.25) is 19.1 Å². The Kier molecular flexibility index (Phi) is 4.21. The predicted octanol–water partition coefficient (Wildman–Crippen LogP) is 3.40. The molecule has 158 valence electrons. The van der Waals surface area contributed by atoms with Crippen LogP contribution in [0.25, 0.3) is 0 Å². The first kappa shape index (κ1) is 19.1. The molecule has 0 bridgehead atoms. The number of carbonyl (C=O) groups is 2. The second-order valence-electron chi connectivity index (χ2n) is 8.04. The van der Waals surface area contributed by atoms with Crippen LogP contribution >= 0.6 is 0 Å². The molecular weight excluding hydrogens is 400 g/mol. The van der Waals surface area contributed by atoms with Crippen molar-refractivity contribution in [3.8, 4) is 11.5 Å². The predicted molar refractivity (Wildman–Crippen MR) is 112 cm³/mol. The highest BCUT2D eigenvalue weighted by Crippen LogP contribution is 2.52. The number of carbonyl (C=O) groups excluding carboxylic acids is 2. The number of aromatic amines is 1. The number of nitrogens with zero attached hydrogens (tertiary/aromatic N) is 1. The van der Waals surface area contributed by atoms with Gasteiger partial charge >= 0.3 is 5.76 Å². The smallest absolute Gasteiger partial charge is 0.439 e. The summed E-state index contributed by atoms with van der Waals surface area (Å²) in [7, 11) is 0. The fourth-order valence-electron chi connectivity index (χ4n) is 4.30. The van der Waals surface area contributed by atoms with Crippen LogP contribution in [-0.2, 0) is 10.2 Å². The van der Waals surface area contributed by atoms with Gasteiger partial charge in [-0.1, -0.05) is 6.42 Å². The van der Waals surface area contributed by atoms with Gasteiger partial charge in [-0.2, -0.15) is 0 Å². The normalized spacial score (nSPS) is 15.9. The maximum Gasteiger partial charge on any atom is 0.439 e. The molecule has 9 nitrogen and oxygen atoms in total. The van der Waals surface area contributed by atoms with E-state index < -0.39 is 17.1 Å². The highest BCUT2D eigenvalue weighted by molar-refractivity contribution is 6.07. The van der Waals surface area contributed by atoms with Crippen molar-refractivity contribution < 1.29 is 18.8 Å². The summed E-state index contributed by atoms with van der Waals surface area (Å²) in [5, 5.41) is 9.03. The SMILES string of the molecule is Cc1cc(NC(=O)c2noc(=O)[nH]2)cc(C)c1Oc1ccc2c(c1)C1(CCC1)C(=O)N2. The van der Waals surface area contributed by atoms with E-state index in [-0.39, 0.29) is 11.7 Å². The second kappa shape index (κ2) is 6.83. The average molecular weight is 420 g/mol. The number of fused-ring (bicyclic) bond motifs is 2. The number of hydrogen-bond donors (Lipinski definition) is 3. The van der Waals surface area contributed by atoms with E-state index in [1.54, 1.807) is 12.1 Å². The highest BCUT2D eigenvalue weighted by Gasteiger charge is 2.51. The minimum Gasteiger partial charge on any atom is -0.457 e. The summed E-state index contributed by atoms with van der Waals surface area (Å²) in [6.45, 7) is 3.75. The van der Waals surface area contributed by atoms with E-state index in [1.807, 2.05) is 32.0 Å². The van der Waals surface area contributed by atoms with Crippen LogP contribution in [0, 0.1) is 13.8 Å². The largest absolute Gasteiger partial charge is 0.457 e. The van der Waals surface area contributed by atoms with E-state index in [4.69, 9.17) is 4.74 Å². The maximum atomic E-state index is 12.4. The summed E-state index contributed by atoms with van der Waals surface area (Å²) in [6.07, 6.45) is 2.77. The number of ether oxygens (including phenoxy) is 1. The van der Waals surface area contributed by atoms with Crippen molar-refractivity contribution in [3.63, 3.8) is 0 Å². The monoisotopic (exact) mass is 420 g/mol. The number of hydrogen-bond acceptors (Lipinski definition) is 6. The lowest BCUT2D eigenvalue weighted by Crippen LogP contribution is -2.40. The Hall–Kier alpha value is -3.88. The van der Waals surface area contributed by atoms with Crippen LogP contribution in [-0.4, -0.2) is 22.0 Å². The molecule has 2 aromatic carbocycles. The molecule has 1 aliphatic carbocycles. The summed E-state index contributed by atoms with van der Waals surface area (Å²) in [5.41, 5.74) is 3.62. The van der Waals surface area contributed by atoms with E-state index in [9.17, 15) is 14.4 Å². The highest BCUT2D eigenvalue weighted by atomic mass is 16.5. The lowest BCUT2D eigenvalue weighted by Gasteiger charge is -2.36. The fraction of sp³-hybridized carbons (Fsp3) is 0.273. The molecule has 1 spiro atoms. The first-order valence-corrected chi connectivity index (χ1v) is 9.98. The zero-order valence-corrected chi connectivity index (χ0v) is 17.0. The molecule has 2 amide bonds. The Morgan fingerprint density at radius 3 is 2.52 bits per heavy atom. The van der Waals surface area contributed by atoms with E-state index in [1.165, 1.54) is 0 Å². The quantitative estimate of drug-likeness (QED) is 0.594. The number of aryl methyl sites for hydroxylation is 2. The molecule has 3 N–H and O–H groups in total. The van der Waals surface area contributed by atoms with Gasteiger partial charge in [-0.15, -0.1) is 0 Å². The number of benzene rings is 2. The molecule has 9 heteroatoms. The van der Waals surface area contributed by atoms with Crippen LogP contribution in [0.4, 0.5) is 11.4 Å². The number of anilines is 2. The molecule has 1 aromatic heterocycles. The molecule has 5 rings (SSSR count). The van der Waals surface area contributed by atoms with E-state index in [0.29, 0.717) is 17.2 Å². The number of amides is 2. The number of nitrogens with one attached hydrogen (secondary N) is 3. The summed E-state index contributed by atoms with van der Waals surface area (Å²) < 4.78 is 10.5. The maximum absolute atomic E-state index is 12.4. The minimum atomic E-state index is -0.795. The Morgan fingerprint density at radius 1 is 1.16 bits per heavy atom. The summed E-state index contributed by atoms with van der Waals surface area (Å²) >= 11 is 0. The molecule has 2 aliphatic rings. The molecule has 0 atom stereocenters. The number of rotatable bonds is 4. The first-order chi connectivity index (χ1) is 14.9. The fourth-order valence-corrected chi connectivity index (χ4v) is 4.30. The molecule has 1 aliphatic heterocycles. The Bertz CT molecular complexity index is 1260. The van der Waals surface area contributed by atoms with Crippen LogP contribution in [0.5, 0.6) is 11.5 Å². The lowest BCUT2D eigenvalue weighted by molar-refractivity contribution is -0.123. The lowest BCUT2D eigenvalue weighted by atomic mass is 9.65. The summed E-state index contributed by atoms with van der Waals surface area (Å²) in [6, 6.07) is 9.20. The van der Waals surface area contributed by atoms with Crippen LogP contribution in [0.1, 0.15) is 46.6 Å². The zero-order chi connectivity index (χ0) is 21.8. The number of aromatic nitrogens is 2. The Labute approximate surface area is 176 Å². The van der Waals surface area contributed by atoms with E-state index in [0.717, 1.165) is 41.6 Å². The van der Waals surface area contributed by atoms with Gasteiger partial charge in [0.05, 0.1) is 5.41 Å². The van der Waals surface area contributed by atoms with Gasteiger partial charge in [-0.05, 0) is 78.9 Å². The Morgan fingerprint density at radius 2 is 1.90 bits per heavy atom. The molecule has 0 saturated heterocycles. The van der Waals surface area contributed by atoms with Crippen molar-refractivity contribution >= 4 is 23.2 Å². The van der Waals surface area contributed by atoms with Gasteiger partial charge in [0.15, 0.2) is 0 Å². The van der Waals surface area contributed by atoms with Gasteiger partial charge in [-0.25, -0.2) is 4.79 Å². The van der Waals surface area contributed by atoms with Crippen LogP contribution in [0.3, 0.4) is 0 Å². The van der Waals surface area contributed by atoms with Crippen molar-refractivity contribution in [1.29, 1.82) is 0 Å². The standard InChI is InChI=1S/C22H20N4O5/c1-11-8-13(23-19(27)18-25-21(29)31-26-18)9-12(2)17(11)30-14-4-5-16-15(10-14)22(6-3-7-22)20(28)24-16/h4-5,8-10H,3,6-7H2,1-2H3,(H,23,27)(H,24,28)(H,25,26,29). The van der Waals surface area contributed by atoms with Crippen molar-refractivity contribution in [2.24, 2.45) is 0 Å². The summed E-state index contributed by atoms with van der Waals surface area (Å²) in [5.74, 6) is -0.174. The first-order valence-electron chi connectivity index (χ1n) is 9.98. The molecular formula is C22H20N4O5. The van der Waals surface area contributed by atoms with Gasteiger partial charge in [0.2, 0.25) is 11.7 Å². The van der Waals surface area contributed by atoms with Gasteiger partial charge < -0.3 is 15.4 Å². The number of H-pyrrole nitrogens is 1. The topological polar surface area (TPSA) is 126 Å². The molecule has 0 unspecified atom stereocenters.